The molecule has 0 radical (unpaired) electrons. The van der Waals surface area contributed by atoms with E-state index in [2.05, 4.69) is 40.5 Å². The third-order valence-corrected chi connectivity index (χ3v) is 4.44. The van der Waals surface area contributed by atoms with Crippen LogP contribution in [0.5, 0.6) is 0 Å². The van der Waals surface area contributed by atoms with Crippen molar-refractivity contribution in [3.05, 3.63) is 52.6 Å². The van der Waals surface area contributed by atoms with Gasteiger partial charge >= 0.3 is 0 Å². The minimum Gasteiger partial charge on any atom is -0.383 e. The number of nitrogens with zero attached hydrogens (tertiary/aromatic N) is 3. The molecule has 1 aromatic carbocycles. The average molecular weight is 334 g/mol. The largest absolute Gasteiger partial charge is 0.383 e. The number of aromatic amines is 1. The molecule has 0 unspecified atom stereocenters. The van der Waals surface area contributed by atoms with Gasteiger partial charge in [0.2, 0.25) is 0 Å². The summed E-state index contributed by atoms with van der Waals surface area (Å²) in [4.78, 5) is 7.81. The molecule has 0 aliphatic rings. The molecule has 1 N–H and O–H groups in total. The SMILES string of the molecule is COCCn1c(C)cc(/C=C(\C#N)c2nc3ccc(C)cc3[nH]2)c1C. The number of allylic oxidation sites excluding steroid dienone is 1. The van der Waals surface area contributed by atoms with E-state index < -0.39 is 0 Å². The van der Waals surface area contributed by atoms with E-state index in [1.165, 1.54) is 0 Å². The second kappa shape index (κ2) is 6.96. The maximum absolute atomic E-state index is 9.62. The maximum Gasteiger partial charge on any atom is 0.149 e. The van der Waals surface area contributed by atoms with Gasteiger partial charge in [-0.25, -0.2) is 4.98 Å². The third-order valence-electron chi connectivity index (χ3n) is 4.44. The molecule has 0 spiro atoms. The van der Waals surface area contributed by atoms with E-state index in [9.17, 15) is 5.26 Å². The molecule has 3 aromatic rings. The van der Waals surface area contributed by atoms with Crippen LogP contribution < -0.4 is 0 Å². The summed E-state index contributed by atoms with van der Waals surface area (Å²) < 4.78 is 7.38. The molecule has 0 aliphatic carbocycles. The molecule has 5 heteroatoms. The van der Waals surface area contributed by atoms with Crippen LogP contribution in [-0.4, -0.2) is 28.3 Å². The number of methoxy groups -OCH3 is 1. The van der Waals surface area contributed by atoms with Gasteiger partial charge in [-0.15, -0.1) is 0 Å². The van der Waals surface area contributed by atoms with Gasteiger partial charge in [-0.05, 0) is 56.2 Å². The van der Waals surface area contributed by atoms with E-state index in [-0.39, 0.29) is 0 Å². The number of nitrogens with one attached hydrogen (secondary N) is 1. The highest BCUT2D eigenvalue weighted by Crippen LogP contribution is 2.23. The number of hydrogen-bond acceptors (Lipinski definition) is 3. The molecule has 0 bridgehead atoms. The summed E-state index contributed by atoms with van der Waals surface area (Å²) in [7, 11) is 1.70. The Morgan fingerprint density at radius 1 is 1.32 bits per heavy atom. The fourth-order valence-electron chi connectivity index (χ4n) is 3.06. The molecule has 0 saturated heterocycles. The van der Waals surface area contributed by atoms with Gasteiger partial charge < -0.3 is 14.3 Å². The van der Waals surface area contributed by atoms with E-state index in [1.54, 1.807) is 7.11 Å². The van der Waals surface area contributed by atoms with Crippen molar-refractivity contribution in [1.82, 2.24) is 14.5 Å². The molecule has 0 aliphatic heterocycles. The minimum absolute atomic E-state index is 0.529. The van der Waals surface area contributed by atoms with E-state index >= 15 is 0 Å². The Kier molecular flexibility index (Phi) is 4.73. The Balaban J connectivity index is 2.01. The third kappa shape index (κ3) is 3.35. The van der Waals surface area contributed by atoms with Crippen LogP contribution in [0, 0.1) is 32.1 Å². The Bertz CT molecular complexity index is 985. The highest BCUT2D eigenvalue weighted by Gasteiger charge is 2.12. The maximum atomic E-state index is 9.62. The molecule has 0 fully saturated rings. The van der Waals surface area contributed by atoms with E-state index in [0.717, 1.165) is 40.1 Å². The predicted octanol–water partition coefficient (Wildman–Crippen LogP) is 4.00. The first-order chi connectivity index (χ1) is 12.0. The van der Waals surface area contributed by atoms with Crippen molar-refractivity contribution in [2.45, 2.75) is 27.3 Å². The molecule has 128 valence electrons. The standard InChI is InChI=1S/C20H22N4O/c1-13-5-6-18-19(9-13)23-20(22-18)17(12-21)11-16-10-14(2)24(15(16)3)7-8-25-4/h5-6,9-11H,7-8H2,1-4H3,(H,22,23)/b17-11+. The van der Waals surface area contributed by atoms with E-state index in [0.29, 0.717) is 18.0 Å². The van der Waals surface area contributed by atoms with Crippen molar-refractivity contribution in [1.29, 1.82) is 5.26 Å². The summed E-state index contributed by atoms with van der Waals surface area (Å²) >= 11 is 0. The Morgan fingerprint density at radius 2 is 2.12 bits per heavy atom. The number of fused-ring (bicyclic) bond motifs is 1. The number of hydrogen-bond donors (Lipinski definition) is 1. The zero-order valence-electron chi connectivity index (χ0n) is 15.1. The van der Waals surface area contributed by atoms with Gasteiger partial charge in [0.25, 0.3) is 0 Å². The molecule has 0 amide bonds. The smallest absolute Gasteiger partial charge is 0.149 e. The summed E-state index contributed by atoms with van der Waals surface area (Å²) in [6.45, 7) is 7.62. The number of imidazole rings is 1. The van der Waals surface area contributed by atoms with Crippen LogP contribution in [-0.2, 0) is 11.3 Å². The number of ether oxygens (including phenoxy) is 1. The number of aryl methyl sites for hydroxylation is 2. The number of aromatic nitrogens is 3. The molecule has 2 aromatic heterocycles. The summed E-state index contributed by atoms with van der Waals surface area (Å²) in [5.41, 5.74) is 6.80. The topological polar surface area (TPSA) is 66.6 Å². The first-order valence-corrected chi connectivity index (χ1v) is 8.27. The van der Waals surface area contributed by atoms with Crippen molar-refractivity contribution >= 4 is 22.7 Å². The lowest BCUT2D eigenvalue weighted by atomic mass is 10.1. The van der Waals surface area contributed by atoms with Gasteiger partial charge in [-0.1, -0.05) is 6.07 Å². The molecular formula is C20H22N4O. The summed E-state index contributed by atoms with van der Waals surface area (Å²) in [6.07, 6.45) is 1.90. The summed E-state index contributed by atoms with van der Waals surface area (Å²) in [6, 6.07) is 10.4. The average Bonchev–Trinajstić information content (AvgIpc) is 3.11. The van der Waals surface area contributed by atoms with Crippen molar-refractivity contribution in [2.24, 2.45) is 0 Å². The lowest BCUT2D eigenvalue weighted by Crippen LogP contribution is -2.07. The van der Waals surface area contributed by atoms with Gasteiger partial charge in [0, 0.05) is 25.0 Å². The molecule has 2 heterocycles. The van der Waals surface area contributed by atoms with Crippen molar-refractivity contribution in [3.8, 4) is 6.07 Å². The zero-order valence-corrected chi connectivity index (χ0v) is 15.1. The second-order valence-corrected chi connectivity index (χ2v) is 6.25. The molecule has 5 nitrogen and oxygen atoms in total. The van der Waals surface area contributed by atoms with Crippen LogP contribution >= 0.6 is 0 Å². The predicted molar refractivity (Wildman–Crippen MR) is 100 cm³/mol. The fourth-order valence-corrected chi connectivity index (χ4v) is 3.06. The molecule has 0 saturated carbocycles. The Morgan fingerprint density at radius 3 is 2.84 bits per heavy atom. The second-order valence-electron chi connectivity index (χ2n) is 6.25. The van der Waals surface area contributed by atoms with Crippen molar-refractivity contribution in [3.63, 3.8) is 0 Å². The quantitative estimate of drug-likeness (QED) is 0.717. The minimum atomic E-state index is 0.529. The van der Waals surface area contributed by atoms with Crippen LogP contribution in [0.1, 0.15) is 28.3 Å². The lowest BCUT2D eigenvalue weighted by Gasteiger charge is -2.08. The lowest BCUT2D eigenvalue weighted by molar-refractivity contribution is 0.186. The Hall–Kier alpha value is -2.84. The first-order valence-electron chi connectivity index (χ1n) is 8.27. The zero-order chi connectivity index (χ0) is 18.0. The van der Waals surface area contributed by atoms with Gasteiger partial charge in [-0.3, -0.25) is 0 Å². The Labute approximate surface area is 147 Å². The first kappa shape index (κ1) is 17.0. The number of nitriles is 1. The van der Waals surface area contributed by atoms with Crippen LogP contribution in [0.25, 0.3) is 22.7 Å². The van der Waals surface area contributed by atoms with Gasteiger partial charge in [0.15, 0.2) is 0 Å². The molecule has 0 atom stereocenters. The molecule has 3 rings (SSSR count). The van der Waals surface area contributed by atoms with Crippen molar-refractivity contribution in [2.75, 3.05) is 13.7 Å². The fraction of sp³-hybridized carbons (Fsp3) is 0.300. The number of benzene rings is 1. The highest BCUT2D eigenvalue weighted by atomic mass is 16.5. The van der Waals surface area contributed by atoms with Gasteiger partial charge in [0.05, 0.1) is 23.2 Å². The normalized spacial score (nSPS) is 11.9. The highest BCUT2D eigenvalue weighted by molar-refractivity contribution is 5.90. The van der Waals surface area contributed by atoms with E-state index in [4.69, 9.17) is 4.74 Å². The monoisotopic (exact) mass is 334 g/mol. The summed E-state index contributed by atoms with van der Waals surface area (Å²) in [5, 5.41) is 9.62. The van der Waals surface area contributed by atoms with Gasteiger partial charge in [-0.2, -0.15) is 5.26 Å². The van der Waals surface area contributed by atoms with Crippen LogP contribution in [0.15, 0.2) is 24.3 Å². The van der Waals surface area contributed by atoms with Crippen LogP contribution in [0.3, 0.4) is 0 Å². The molecule has 25 heavy (non-hydrogen) atoms. The number of rotatable bonds is 5. The van der Waals surface area contributed by atoms with Crippen molar-refractivity contribution < 1.29 is 4.74 Å². The van der Waals surface area contributed by atoms with E-state index in [1.807, 2.05) is 31.2 Å². The molecular weight excluding hydrogens is 312 g/mol. The number of H-pyrrole nitrogens is 1. The van der Waals surface area contributed by atoms with Crippen LogP contribution in [0.4, 0.5) is 0 Å². The summed E-state index contributed by atoms with van der Waals surface area (Å²) in [5.74, 6) is 0.602. The van der Waals surface area contributed by atoms with Gasteiger partial charge in [0.1, 0.15) is 11.9 Å². The van der Waals surface area contributed by atoms with Crippen LogP contribution in [0.2, 0.25) is 0 Å².